The van der Waals surface area contributed by atoms with Gasteiger partial charge >= 0.3 is 0 Å². The zero-order valence-corrected chi connectivity index (χ0v) is 3.26. The normalized spacial score (nSPS) is 16.0. The molecule has 0 N–H and O–H groups in total. The molecule has 0 atom stereocenters. The van der Waals surface area contributed by atoms with Crippen LogP contribution in [-0.2, 0) is 0 Å². The van der Waals surface area contributed by atoms with Gasteiger partial charge in [-0.2, -0.15) is 0 Å². The van der Waals surface area contributed by atoms with Gasteiger partial charge in [-0.3, -0.25) is 0 Å². The Morgan fingerprint density at radius 3 is 2.67 bits per heavy atom. The van der Waals surface area contributed by atoms with Crippen LogP contribution >= 0.6 is 0 Å². The molecule has 0 aromatic carbocycles. The third-order valence-electron chi connectivity index (χ3n) is 0.514. The SMILES string of the molecule is [C]1=CC=C[N+]=C1. The Morgan fingerprint density at radius 1 is 1.50 bits per heavy atom. The van der Waals surface area contributed by atoms with Gasteiger partial charge in [-0.15, -0.1) is 0 Å². The summed E-state index contributed by atoms with van der Waals surface area (Å²) in [4.78, 5) is 3.73. The second-order valence-electron chi connectivity index (χ2n) is 0.953. The molecule has 0 spiro atoms. The number of aliphatic imine (C=N–C) groups is 1. The van der Waals surface area contributed by atoms with Gasteiger partial charge in [-0.1, -0.05) is 0 Å². The van der Waals surface area contributed by atoms with Crippen LogP contribution in [0.3, 0.4) is 0 Å². The highest BCUT2D eigenvalue weighted by Gasteiger charge is 1.81. The maximum Gasteiger partial charge on any atom is 0.250 e. The standard InChI is InChI=1S/C5H4N/c1-2-4-6-5-3-1/h1-2,4-5H/q+1. The van der Waals surface area contributed by atoms with Crippen LogP contribution in [0, 0.1) is 6.08 Å². The number of nitrogens with zero attached hydrogens (tertiary/aromatic N) is 1. The zero-order chi connectivity index (χ0) is 4.24. The second kappa shape index (κ2) is 1.55. The molecular formula is C5H4N+. The zero-order valence-electron chi connectivity index (χ0n) is 3.26. The molecule has 0 aromatic heterocycles. The molecule has 0 fully saturated rings. The fourth-order valence-corrected chi connectivity index (χ4v) is 0.277. The van der Waals surface area contributed by atoms with Crippen molar-refractivity contribution in [1.82, 2.24) is 4.99 Å². The van der Waals surface area contributed by atoms with Crippen LogP contribution in [-0.4, -0.2) is 6.21 Å². The molecule has 1 aliphatic heterocycles. The summed E-state index contributed by atoms with van der Waals surface area (Å²) in [6.45, 7) is 0. The van der Waals surface area contributed by atoms with Crippen molar-refractivity contribution in [2.75, 3.05) is 0 Å². The minimum absolute atomic E-state index is 1.62. The van der Waals surface area contributed by atoms with Crippen molar-refractivity contribution in [2.24, 2.45) is 0 Å². The highest BCUT2D eigenvalue weighted by Crippen LogP contribution is 1.72. The molecule has 0 unspecified atom stereocenters. The monoisotopic (exact) mass is 78.0 g/mol. The lowest BCUT2D eigenvalue weighted by Crippen LogP contribution is -1.80. The van der Waals surface area contributed by atoms with Crippen molar-refractivity contribution < 1.29 is 0 Å². The summed E-state index contributed by atoms with van der Waals surface area (Å²) in [5, 5.41) is 0. The van der Waals surface area contributed by atoms with Gasteiger partial charge in [0.15, 0.2) is 0 Å². The van der Waals surface area contributed by atoms with Gasteiger partial charge in [0, 0.05) is 6.08 Å². The number of rotatable bonds is 0. The Morgan fingerprint density at radius 2 is 2.50 bits per heavy atom. The number of hydrogen-bond donors (Lipinski definition) is 0. The Bertz CT molecular complexity index is 73.3. The predicted octanol–water partition coefficient (Wildman–Crippen LogP) is 0.280. The van der Waals surface area contributed by atoms with Gasteiger partial charge in [-0.25, -0.2) is 0 Å². The molecule has 0 amide bonds. The molecule has 2 radical (unpaired) electrons. The summed E-state index contributed by atoms with van der Waals surface area (Å²) in [5.41, 5.74) is 0. The molecule has 0 saturated heterocycles. The average Bonchev–Trinajstić information content (AvgIpc) is 1.72. The van der Waals surface area contributed by atoms with Gasteiger partial charge < -0.3 is 0 Å². The number of hydrogen-bond acceptors (Lipinski definition) is 1. The van der Waals surface area contributed by atoms with E-state index in [1.807, 2.05) is 12.2 Å². The maximum atomic E-state index is 3.73. The smallest absolute Gasteiger partial charge is 0.0417 e. The molecule has 1 aliphatic rings. The molecule has 0 bridgehead atoms. The fourth-order valence-electron chi connectivity index (χ4n) is 0.277. The molecule has 1 rings (SSSR count). The largest absolute Gasteiger partial charge is 0.250 e. The lowest BCUT2D eigenvalue weighted by atomic mass is 10.4. The summed E-state index contributed by atoms with van der Waals surface area (Å²) in [6, 6.07) is 0. The van der Waals surface area contributed by atoms with E-state index in [-0.39, 0.29) is 0 Å². The van der Waals surface area contributed by atoms with Crippen molar-refractivity contribution >= 4 is 6.21 Å². The van der Waals surface area contributed by atoms with E-state index in [0.29, 0.717) is 0 Å². The van der Waals surface area contributed by atoms with E-state index in [1.54, 1.807) is 12.4 Å². The molecule has 0 saturated carbocycles. The van der Waals surface area contributed by atoms with Gasteiger partial charge in [0.25, 0.3) is 0 Å². The maximum absolute atomic E-state index is 3.73. The molecule has 1 heteroatoms. The van der Waals surface area contributed by atoms with Crippen molar-refractivity contribution in [1.29, 1.82) is 0 Å². The molecule has 0 aliphatic carbocycles. The van der Waals surface area contributed by atoms with E-state index in [2.05, 4.69) is 11.1 Å². The fraction of sp³-hybridized carbons (Fsp3) is 0. The van der Waals surface area contributed by atoms with Gasteiger partial charge in [0.2, 0.25) is 12.4 Å². The first-order valence-corrected chi connectivity index (χ1v) is 1.76. The van der Waals surface area contributed by atoms with Crippen molar-refractivity contribution in [3.63, 3.8) is 0 Å². The topological polar surface area (TPSA) is 14.1 Å². The van der Waals surface area contributed by atoms with E-state index in [0.717, 1.165) is 0 Å². The third kappa shape index (κ3) is 0.549. The van der Waals surface area contributed by atoms with Crippen LogP contribution in [0.2, 0.25) is 0 Å². The lowest BCUT2D eigenvalue weighted by Gasteiger charge is -1.62. The average molecular weight is 78.1 g/mol. The predicted molar refractivity (Wildman–Crippen MR) is 25.2 cm³/mol. The van der Waals surface area contributed by atoms with E-state index in [1.165, 1.54) is 0 Å². The first kappa shape index (κ1) is 3.34. The molecule has 1 nitrogen and oxygen atoms in total. The Hall–Kier alpha value is -0.850. The Labute approximate surface area is 36.7 Å². The summed E-state index contributed by atoms with van der Waals surface area (Å²) in [7, 11) is 0. The summed E-state index contributed by atoms with van der Waals surface area (Å²) >= 11 is 0. The van der Waals surface area contributed by atoms with Crippen LogP contribution in [0.5, 0.6) is 0 Å². The molecular weight excluding hydrogens is 74.1 g/mol. The van der Waals surface area contributed by atoms with Crippen LogP contribution in [0.25, 0.3) is 0 Å². The minimum Gasteiger partial charge on any atom is -0.0417 e. The van der Waals surface area contributed by atoms with Crippen LogP contribution < -0.4 is 4.99 Å². The Balaban J connectivity index is 2.77. The summed E-state index contributed by atoms with van der Waals surface area (Å²) < 4.78 is 0. The molecule has 1 heterocycles. The quantitative estimate of drug-likeness (QED) is 0.395. The van der Waals surface area contributed by atoms with Crippen LogP contribution in [0.1, 0.15) is 0 Å². The van der Waals surface area contributed by atoms with Crippen molar-refractivity contribution in [2.45, 2.75) is 0 Å². The van der Waals surface area contributed by atoms with E-state index in [9.17, 15) is 0 Å². The van der Waals surface area contributed by atoms with Crippen LogP contribution in [0.4, 0.5) is 0 Å². The van der Waals surface area contributed by atoms with Crippen molar-refractivity contribution in [3.05, 3.63) is 24.4 Å². The minimum atomic E-state index is 1.62. The summed E-state index contributed by atoms with van der Waals surface area (Å²) in [6.07, 6.45) is 9.77. The molecule has 28 valence electrons. The first-order chi connectivity index (χ1) is 3.00. The second-order valence-corrected chi connectivity index (χ2v) is 0.953. The highest BCUT2D eigenvalue weighted by atomic mass is 14.7. The number of allylic oxidation sites excluding steroid dienone is 3. The molecule has 0 aromatic rings. The van der Waals surface area contributed by atoms with Crippen LogP contribution in [0.15, 0.2) is 18.4 Å². The van der Waals surface area contributed by atoms with Gasteiger partial charge in [0.1, 0.15) is 0 Å². The third-order valence-corrected chi connectivity index (χ3v) is 0.514. The first-order valence-electron chi connectivity index (χ1n) is 1.76. The van der Waals surface area contributed by atoms with Gasteiger partial charge in [0.05, 0.1) is 11.1 Å². The van der Waals surface area contributed by atoms with E-state index < -0.39 is 0 Å². The Kier molecular flexibility index (Phi) is 0.865. The lowest BCUT2D eigenvalue weighted by molar-refractivity contribution is 1.39. The van der Waals surface area contributed by atoms with Crippen molar-refractivity contribution in [3.8, 4) is 0 Å². The van der Waals surface area contributed by atoms with E-state index in [4.69, 9.17) is 0 Å². The highest BCUT2D eigenvalue weighted by molar-refractivity contribution is 5.67. The van der Waals surface area contributed by atoms with E-state index >= 15 is 0 Å². The van der Waals surface area contributed by atoms with Gasteiger partial charge in [-0.05, 0) is 6.08 Å². The molecule has 6 heavy (non-hydrogen) atoms. The summed E-state index contributed by atoms with van der Waals surface area (Å²) in [5.74, 6) is 0.